The lowest BCUT2D eigenvalue weighted by molar-refractivity contribution is -0.131. The van der Waals surface area contributed by atoms with Crippen molar-refractivity contribution in [3.05, 3.63) is 18.1 Å². The first kappa shape index (κ1) is 12.0. The van der Waals surface area contributed by atoms with Gasteiger partial charge in [-0.3, -0.25) is 4.79 Å². The predicted octanol–water partition coefficient (Wildman–Crippen LogP) is 0.933. The highest BCUT2D eigenvalue weighted by molar-refractivity contribution is 5.90. The Hall–Kier alpha value is -2.11. The zero-order valence-corrected chi connectivity index (χ0v) is 11.3. The van der Waals surface area contributed by atoms with Crippen LogP contribution in [0, 0.1) is 6.92 Å². The molecule has 1 fully saturated rings. The minimum absolute atomic E-state index is 0.119. The quantitative estimate of drug-likeness (QED) is 0.827. The van der Waals surface area contributed by atoms with Gasteiger partial charge in [0.05, 0.1) is 12.1 Å². The van der Waals surface area contributed by atoms with Crippen molar-refractivity contribution in [2.24, 2.45) is 0 Å². The molecule has 0 spiro atoms. The Kier molecular flexibility index (Phi) is 2.66. The molecule has 1 saturated heterocycles. The fraction of sp³-hybridized carbons (Fsp3) is 0.462. The topological polar surface area (TPSA) is 65.1 Å². The molecule has 19 heavy (non-hydrogen) atoms. The molecule has 1 unspecified atom stereocenters. The van der Waals surface area contributed by atoms with Gasteiger partial charge >= 0.3 is 0 Å². The number of likely N-dealkylation sites (N-methyl/N-ethyl adjacent to an activating group) is 1. The molecule has 2 aromatic heterocycles. The number of hydrogen-bond donors (Lipinski definition) is 1. The maximum atomic E-state index is 12.0. The number of aromatic amines is 1. The fourth-order valence-electron chi connectivity index (χ4n) is 2.48. The zero-order valence-electron chi connectivity index (χ0n) is 11.3. The summed E-state index contributed by atoms with van der Waals surface area (Å²) in [6.45, 7) is 5.18. The van der Waals surface area contributed by atoms with Crippen LogP contribution in [0.15, 0.2) is 12.4 Å². The molecule has 3 heterocycles. The molecule has 100 valence electrons. The van der Waals surface area contributed by atoms with Crippen molar-refractivity contribution in [3.63, 3.8) is 0 Å². The molecule has 6 nitrogen and oxygen atoms in total. The van der Waals surface area contributed by atoms with Crippen molar-refractivity contribution in [1.29, 1.82) is 0 Å². The summed E-state index contributed by atoms with van der Waals surface area (Å²) >= 11 is 0. The average molecular weight is 259 g/mol. The summed E-state index contributed by atoms with van der Waals surface area (Å²) < 4.78 is 0. The van der Waals surface area contributed by atoms with E-state index >= 15 is 0 Å². The number of piperazine rings is 1. The first-order chi connectivity index (χ1) is 9.06. The van der Waals surface area contributed by atoms with Crippen molar-refractivity contribution in [2.75, 3.05) is 25.0 Å². The number of H-pyrrole nitrogens is 1. The first-order valence-corrected chi connectivity index (χ1v) is 6.37. The van der Waals surface area contributed by atoms with Gasteiger partial charge in [0.25, 0.3) is 0 Å². The minimum Gasteiger partial charge on any atom is -0.354 e. The monoisotopic (exact) mass is 259 g/mol. The number of fused-ring (bicyclic) bond motifs is 1. The smallest absolute Gasteiger partial charge is 0.242 e. The molecule has 1 N–H and O–H groups in total. The first-order valence-electron chi connectivity index (χ1n) is 6.37. The van der Waals surface area contributed by atoms with E-state index in [1.165, 1.54) is 0 Å². The van der Waals surface area contributed by atoms with Gasteiger partial charge in [-0.2, -0.15) is 0 Å². The third-order valence-corrected chi connectivity index (χ3v) is 3.70. The van der Waals surface area contributed by atoms with Crippen LogP contribution in [0.1, 0.15) is 12.6 Å². The van der Waals surface area contributed by atoms with Crippen molar-refractivity contribution < 1.29 is 4.79 Å². The highest BCUT2D eigenvalue weighted by Crippen LogP contribution is 2.24. The number of carbonyl (C=O) groups excluding carboxylic acids is 1. The van der Waals surface area contributed by atoms with Gasteiger partial charge in [0.15, 0.2) is 5.82 Å². The lowest BCUT2D eigenvalue weighted by atomic mass is 10.2. The van der Waals surface area contributed by atoms with E-state index in [1.54, 1.807) is 11.2 Å². The van der Waals surface area contributed by atoms with E-state index < -0.39 is 0 Å². The number of aromatic nitrogens is 3. The van der Waals surface area contributed by atoms with Crippen LogP contribution in [0.25, 0.3) is 11.0 Å². The number of anilines is 1. The number of amides is 1. The van der Waals surface area contributed by atoms with E-state index in [1.807, 2.05) is 31.9 Å². The second-order valence-corrected chi connectivity index (χ2v) is 5.14. The third kappa shape index (κ3) is 1.93. The Morgan fingerprint density at radius 1 is 1.42 bits per heavy atom. The van der Waals surface area contributed by atoms with Crippen molar-refractivity contribution >= 4 is 22.8 Å². The fourth-order valence-corrected chi connectivity index (χ4v) is 2.48. The zero-order chi connectivity index (χ0) is 13.6. The van der Waals surface area contributed by atoms with E-state index in [2.05, 4.69) is 15.0 Å². The molecule has 1 aliphatic heterocycles. The molecular formula is C13H17N5O. The van der Waals surface area contributed by atoms with Gasteiger partial charge in [-0.25, -0.2) is 9.97 Å². The van der Waals surface area contributed by atoms with Crippen LogP contribution in [0.2, 0.25) is 0 Å². The molecule has 0 bridgehead atoms. The van der Waals surface area contributed by atoms with Crippen molar-refractivity contribution in [3.8, 4) is 0 Å². The van der Waals surface area contributed by atoms with Crippen molar-refractivity contribution in [2.45, 2.75) is 19.9 Å². The lowest BCUT2D eigenvalue weighted by Gasteiger charge is -2.37. The molecule has 0 aromatic carbocycles. The number of nitrogens with zero attached hydrogens (tertiary/aromatic N) is 4. The second-order valence-electron chi connectivity index (χ2n) is 5.14. The highest BCUT2D eigenvalue weighted by atomic mass is 16.2. The Balaban J connectivity index is 2.02. The van der Waals surface area contributed by atoms with Crippen molar-refractivity contribution in [1.82, 2.24) is 19.9 Å². The summed E-state index contributed by atoms with van der Waals surface area (Å²) in [7, 11) is 1.85. The molecular weight excluding hydrogens is 242 g/mol. The summed E-state index contributed by atoms with van der Waals surface area (Å²) in [5.74, 6) is 0.931. The van der Waals surface area contributed by atoms with Gasteiger partial charge in [0.2, 0.25) is 5.91 Å². The van der Waals surface area contributed by atoms with Crippen LogP contribution in [0.4, 0.5) is 5.82 Å². The molecule has 3 rings (SSSR count). The summed E-state index contributed by atoms with van der Waals surface area (Å²) in [4.78, 5) is 27.6. The molecule has 6 heteroatoms. The van der Waals surface area contributed by atoms with Gasteiger partial charge in [-0.15, -0.1) is 0 Å². The Bertz CT molecular complexity index is 635. The van der Waals surface area contributed by atoms with Crippen LogP contribution in [0.3, 0.4) is 0 Å². The molecule has 2 aromatic rings. The highest BCUT2D eigenvalue weighted by Gasteiger charge is 2.28. The van der Waals surface area contributed by atoms with Gasteiger partial charge in [0.1, 0.15) is 11.8 Å². The van der Waals surface area contributed by atoms with E-state index in [0.717, 1.165) is 29.1 Å². The summed E-state index contributed by atoms with van der Waals surface area (Å²) in [6.07, 6.45) is 1.55. The molecule has 1 aliphatic rings. The predicted molar refractivity (Wildman–Crippen MR) is 73.1 cm³/mol. The van der Waals surface area contributed by atoms with Crippen LogP contribution in [-0.4, -0.2) is 51.9 Å². The summed E-state index contributed by atoms with van der Waals surface area (Å²) in [5, 5.41) is 0. The number of aryl methyl sites for hydroxylation is 1. The second kappa shape index (κ2) is 4.22. The van der Waals surface area contributed by atoms with Gasteiger partial charge in [-0.05, 0) is 19.9 Å². The molecule has 1 atom stereocenters. The SMILES string of the molecule is Cc1cc2ncnc(N3CC(=O)N(C)C(C)C3)c2[nH]1. The number of carbonyl (C=O) groups is 1. The number of nitrogens with one attached hydrogen (secondary N) is 1. The van der Waals surface area contributed by atoms with E-state index in [0.29, 0.717) is 6.54 Å². The molecule has 1 amide bonds. The van der Waals surface area contributed by atoms with E-state index in [-0.39, 0.29) is 11.9 Å². The van der Waals surface area contributed by atoms with E-state index in [9.17, 15) is 4.79 Å². The van der Waals surface area contributed by atoms with Crippen LogP contribution in [0.5, 0.6) is 0 Å². The molecule has 0 radical (unpaired) electrons. The number of hydrogen-bond acceptors (Lipinski definition) is 4. The Labute approximate surface area is 111 Å². The standard InChI is InChI=1S/C13H17N5O/c1-8-4-10-12(16-8)13(15-7-14-10)18-5-9(2)17(3)11(19)6-18/h4,7,9,16H,5-6H2,1-3H3. The minimum atomic E-state index is 0.119. The largest absolute Gasteiger partial charge is 0.354 e. The number of rotatable bonds is 1. The van der Waals surface area contributed by atoms with Gasteiger partial charge in [-0.1, -0.05) is 0 Å². The van der Waals surface area contributed by atoms with E-state index in [4.69, 9.17) is 0 Å². The average Bonchev–Trinajstić information content (AvgIpc) is 2.75. The van der Waals surface area contributed by atoms with Crippen LogP contribution in [-0.2, 0) is 4.79 Å². The summed E-state index contributed by atoms with van der Waals surface area (Å²) in [6, 6.07) is 2.17. The summed E-state index contributed by atoms with van der Waals surface area (Å²) in [5.41, 5.74) is 2.84. The molecule has 0 saturated carbocycles. The van der Waals surface area contributed by atoms with Gasteiger partial charge in [0, 0.05) is 25.3 Å². The lowest BCUT2D eigenvalue weighted by Crippen LogP contribution is -2.54. The Morgan fingerprint density at radius 2 is 2.21 bits per heavy atom. The van der Waals surface area contributed by atoms with Crippen LogP contribution >= 0.6 is 0 Å². The third-order valence-electron chi connectivity index (χ3n) is 3.70. The Morgan fingerprint density at radius 3 is 2.95 bits per heavy atom. The normalized spacial score (nSPS) is 20.4. The molecule has 0 aliphatic carbocycles. The van der Waals surface area contributed by atoms with Gasteiger partial charge < -0.3 is 14.8 Å². The van der Waals surface area contributed by atoms with Crippen LogP contribution < -0.4 is 4.90 Å². The maximum absolute atomic E-state index is 12.0. The maximum Gasteiger partial charge on any atom is 0.242 e.